The van der Waals surface area contributed by atoms with Gasteiger partial charge in [0.1, 0.15) is 152 Å². The number of allylic oxidation sites excluding steroid dienone is 4. The molecule has 43 nitrogen and oxygen atoms in total. The molecule has 770 valence electrons. The van der Waals surface area contributed by atoms with Crippen molar-refractivity contribution in [2.45, 2.75) is 392 Å². The smallest absolute Gasteiger partial charge is 0.336 e. The lowest BCUT2D eigenvalue weighted by atomic mass is 9.33. The summed E-state index contributed by atoms with van der Waals surface area (Å²) in [6.07, 6.45) is -50.3. The molecular formula is C92H145NO42. The van der Waals surface area contributed by atoms with Crippen LogP contribution in [0.2, 0.25) is 0 Å². The molecule has 11 fully saturated rings. The fraction of sp³-hybridized carbons (Fsp3) is 0.848. The van der Waals surface area contributed by atoms with Gasteiger partial charge < -0.3 is 193 Å². The van der Waals surface area contributed by atoms with E-state index in [1.165, 1.54) is 52.0 Å². The van der Waals surface area contributed by atoms with Gasteiger partial charge in [-0.05, 0) is 138 Å². The molecule has 7 aliphatic heterocycles. The van der Waals surface area contributed by atoms with Gasteiger partial charge in [-0.25, -0.2) is 9.59 Å². The lowest BCUT2D eigenvalue weighted by Gasteiger charge is -2.72. The van der Waals surface area contributed by atoms with E-state index in [4.69, 9.17) is 75.8 Å². The average Bonchev–Trinajstić information content (AvgIpc) is 1.13. The van der Waals surface area contributed by atoms with Gasteiger partial charge in [-0.2, -0.15) is 0 Å². The van der Waals surface area contributed by atoms with Crippen molar-refractivity contribution in [2.24, 2.45) is 50.2 Å². The van der Waals surface area contributed by atoms with Gasteiger partial charge in [0.2, 0.25) is 12.2 Å². The quantitative estimate of drug-likeness (QED) is 0.00964. The summed E-state index contributed by atoms with van der Waals surface area (Å²) in [7, 11) is 0. The second-order valence-corrected chi connectivity index (χ2v) is 41.3. The molecule has 135 heavy (non-hydrogen) atoms. The third-order valence-electron chi connectivity index (χ3n) is 31.9. The van der Waals surface area contributed by atoms with Crippen LogP contribution in [-0.4, -0.2) is 415 Å². The SMILES string of the molecule is C=C[C@](C)(O)CC/C=C(\CO)C(=O)O[C@H]1[C@H](O)[C@@H](O)[C@H](O[C@@](C)(C=C)CC/C=C(\CO)C(=O)OC2C[C@]3(C(=O)O[C@@H]4O[C@H](CO)[C@@H](O[C@@H]5O[C@@H](CO)[C@H](O)[C@H]5O)[C@H](O[C@@H]5O[C@H](CO)[C@@H](O)[C@H](O)[C@H]5O)[C@H]4O)C(O)C[C@]4(C)C(=CC[C@@H]5[C@@]6(C)CC[C@H](O[C@@H]7O[C@H](CO[C@@H]8O[C@H](C)[C@H](O)[C@H](O)[C@H]8O[C@@H]8OC[C@@H](O)[C@H](O)[C@H]8O)[C@@H](O)[C@H](O)[C@H]7NC(C)=O)C(C)(C)[C@@H]6CC[C@]54C)[C@@H]3CC2(C)C)O[C@@H]1C. The van der Waals surface area contributed by atoms with Gasteiger partial charge in [0.15, 0.2) is 43.8 Å². The molecule has 1 amide bonds. The first-order chi connectivity index (χ1) is 63.3. The molecule has 0 radical (unpaired) electrons. The van der Waals surface area contributed by atoms with Gasteiger partial charge in [0.05, 0.1) is 93.0 Å². The Hall–Kier alpha value is -4.82. The van der Waals surface area contributed by atoms with E-state index < -0.39 is 347 Å². The van der Waals surface area contributed by atoms with Crippen molar-refractivity contribution < 1.29 is 207 Å². The number of fused-ring (bicyclic) bond motifs is 7. The van der Waals surface area contributed by atoms with Crippen LogP contribution < -0.4 is 5.32 Å². The maximum Gasteiger partial charge on any atom is 0.336 e. The van der Waals surface area contributed by atoms with Crippen LogP contribution in [0.15, 0.2) is 60.3 Å². The molecule has 2 unspecified atom stereocenters. The number of esters is 3. The second-order valence-electron chi connectivity index (χ2n) is 41.3. The first-order valence-electron chi connectivity index (χ1n) is 46.6. The Kier molecular flexibility index (Phi) is 34.7. The number of aliphatic hydroxyl groups excluding tert-OH is 21. The van der Waals surface area contributed by atoms with E-state index in [-0.39, 0.29) is 61.5 Å². The highest BCUT2D eigenvalue weighted by Gasteiger charge is 2.74. The predicted molar refractivity (Wildman–Crippen MR) is 458 cm³/mol. The molecule has 45 atom stereocenters. The molecular weight excluding hydrogens is 1790 g/mol. The standard InChI is InChI=1S/C92H145NO42/c1-15-87(10,119)25-17-19-43(33-95)76(117)130-71-40(4)123-82(69(114)65(71)110)135-88(11,16-2)26-18-20-42(32-94)75(116)128-55-31-92(84(118)134-81-70(115)73(132-80-68(113)63(108)59(104)47(34-96)124-80)72(49(36-98)126-81)131-79-67(112)60(105)48(35-97)125-79)45(29-85(55,6)7)44-21-22-52-89(12)27-24-54(86(8,9)51(89)23-28-90(52,13)91(44,14)30-53(92)101)129-77-56(93-41(5)99)62(107)61(106)50(127-77)38-121-83-74(64(109)57(102)39(3)122-83)133-78-66(111)58(103)46(100)37-120-78/h15-16,19-21,39-40,45-74,77-83,94-98,100-115,119H,1-2,17-18,22-38H2,3-14H3,(H,93,99)/b42-20+,43-19+/t39-,40-,45+,46-,47-,48+,49-,50-,51+,52-,53?,54+,55?,56-,57+,58+,59-,60+,61-,62-,63+,64+,65-,66-,67-,68-,69-,70-,71-,72-,73-,74-,77+,78+,79+,80+,81+,82+,83-,87+,88+,89+,90-,91-,92-/m1/s1. The molecule has 7 saturated heterocycles. The molecule has 4 saturated carbocycles. The van der Waals surface area contributed by atoms with Crippen molar-refractivity contribution in [3.63, 3.8) is 0 Å². The van der Waals surface area contributed by atoms with Crippen LogP contribution in [0.3, 0.4) is 0 Å². The Morgan fingerprint density at radius 2 is 1.06 bits per heavy atom. The number of nitrogens with one attached hydrogen (secondary N) is 1. The van der Waals surface area contributed by atoms with E-state index in [0.717, 1.165) is 5.57 Å². The van der Waals surface area contributed by atoms with Crippen LogP contribution in [0.4, 0.5) is 0 Å². The molecule has 12 rings (SSSR count). The summed E-state index contributed by atoms with van der Waals surface area (Å²) in [5.74, 6) is -5.33. The molecule has 43 heteroatoms. The van der Waals surface area contributed by atoms with E-state index >= 15 is 9.59 Å². The number of hydrogen-bond acceptors (Lipinski definition) is 42. The number of carbonyl (C=O) groups excluding carboxylic acids is 4. The fourth-order valence-corrected chi connectivity index (χ4v) is 23.2. The molecule has 12 aliphatic rings. The molecule has 0 aromatic rings. The van der Waals surface area contributed by atoms with Gasteiger partial charge in [0, 0.05) is 18.8 Å². The lowest BCUT2D eigenvalue weighted by molar-refractivity contribution is -0.372. The monoisotopic (exact) mass is 1940 g/mol. The van der Waals surface area contributed by atoms with Crippen molar-refractivity contribution in [1.82, 2.24) is 5.32 Å². The summed E-state index contributed by atoms with van der Waals surface area (Å²) in [5, 5.41) is 248. The lowest BCUT2D eigenvalue weighted by Crippen LogP contribution is -2.70. The summed E-state index contributed by atoms with van der Waals surface area (Å²) in [6, 6.07) is -1.37. The van der Waals surface area contributed by atoms with E-state index in [2.05, 4.69) is 59.2 Å². The van der Waals surface area contributed by atoms with Crippen LogP contribution in [0.25, 0.3) is 0 Å². The van der Waals surface area contributed by atoms with E-state index in [1.807, 2.05) is 0 Å². The second kappa shape index (κ2) is 43.0. The molecule has 0 bridgehead atoms. The van der Waals surface area contributed by atoms with Crippen molar-refractivity contribution in [2.75, 3.05) is 46.2 Å². The number of rotatable bonds is 33. The topological polar surface area (TPSA) is 673 Å². The first kappa shape index (κ1) is 109. The highest BCUT2D eigenvalue weighted by Crippen LogP contribution is 2.76. The molecule has 0 aromatic carbocycles. The van der Waals surface area contributed by atoms with E-state index in [0.29, 0.717) is 32.1 Å². The van der Waals surface area contributed by atoms with Crippen molar-refractivity contribution in [1.29, 1.82) is 0 Å². The minimum Gasteiger partial charge on any atom is -0.458 e. The van der Waals surface area contributed by atoms with Crippen molar-refractivity contribution in [3.05, 3.63) is 60.3 Å². The summed E-state index contributed by atoms with van der Waals surface area (Å²) in [5.41, 5.74) is -8.87. The number of hydrogen-bond donors (Lipinski definition) is 23. The summed E-state index contributed by atoms with van der Waals surface area (Å²) >= 11 is 0. The van der Waals surface area contributed by atoms with Crippen LogP contribution >= 0.6 is 0 Å². The summed E-state index contributed by atoms with van der Waals surface area (Å²) < 4.78 is 97.6. The average molecular weight is 1940 g/mol. The van der Waals surface area contributed by atoms with Gasteiger partial charge in [0.25, 0.3) is 0 Å². The zero-order chi connectivity index (χ0) is 99.5. The van der Waals surface area contributed by atoms with Gasteiger partial charge in [-0.3, -0.25) is 9.59 Å². The highest BCUT2D eigenvalue weighted by atomic mass is 16.8. The minimum atomic E-state index is -2.34. The number of amides is 1. The number of ether oxygens (including phenoxy) is 16. The first-order valence-corrected chi connectivity index (χ1v) is 46.6. The Bertz CT molecular complexity index is 4150. The maximum atomic E-state index is 16.6. The van der Waals surface area contributed by atoms with Gasteiger partial charge in [-0.15, -0.1) is 13.2 Å². The maximum absolute atomic E-state index is 16.6. The van der Waals surface area contributed by atoms with Crippen LogP contribution in [0.1, 0.15) is 160 Å². The third-order valence-corrected chi connectivity index (χ3v) is 31.9. The van der Waals surface area contributed by atoms with E-state index in [1.54, 1.807) is 20.8 Å². The fourth-order valence-electron chi connectivity index (χ4n) is 23.2. The Labute approximate surface area is 782 Å². The zero-order valence-electron chi connectivity index (χ0n) is 78.3. The van der Waals surface area contributed by atoms with Crippen LogP contribution in [0.5, 0.6) is 0 Å². The van der Waals surface area contributed by atoms with Crippen molar-refractivity contribution >= 4 is 23.8 Å². The Balaban J connectivity index is 0.819. The van der Waals surface area contributed by atoms with Crippen LogP contribution in [0, 0.1) is 50.2 Å². The predicted octanol–water partition coefficient (Wildman–Crippen LogP) is -4.77. The van der Waals surface area contributed by atoms with Crippen LogP contribution in [-0.2, 0) is 95.0 Å². The molecule has 0 aromatic heterocycles. The normalized spacial score (nSPS) is 46.9. The van der Waals surface area contributed by atoms with Crippen molar-refractivity contribution in [3.8, 4) is 0 Å². The van der Waals surface area contributed by atoms with E-state index in [9.17, 15) is 122 Å². The third kappa shape index (κ3) is 21.3. The largest absolute Gasteiger partial charge is 0.458 e. The zero-order valence-corrected chi connectivity index (χ0v) is 78.3. The van der Waals surface area contributed by atoms with Gasteiger partial charge in [-0.1, -0.05) is 84.4 Å². The van der Waals surface area contributed by atoms with Gasteiger partial charge >= 0.3 is 17.9 Å². The number of carbonyl (C=O) groups is 4. The highest BCUT2D eigenvalue weighted by molar-refractivity contribution is 5.89. The molecule has 0 spiro atoms. The molecule has 5 aliphatic carbocycles. The Morgan fingerprint density at radius 1 is 0.511 bits per heavy atom. The Morgan fingerprint density at radius 3 is 1.67 bits per heavy atom. The number of aliphatic hydroxyl groups is 22. The molecule has 23 N–H and O–H groups in total. The minimum absolute atomic E-state index is 0.0383. The molecule has 7 heterocycles. The summed E-state index contributed by atoms with van der Waals surface area (Å²) in [4.78, 5) is 57.9. The summed E-state index contributed by atoms with van der Waals surface area (Å²) in [6.45, 7) is 23.2.